The number of sulfonamides is 1. The molecule has 10 heteroatoms. The van der Waals surface area contributed by atoms with Gasteiger partial charge in [-0.2, -0.15) is 0 Å². The Morgan fingerprint density at radius 2 is 1.49 bits per heavy atom. The highest BCUT2D eigenvalue weighted by Crippen LogP contribution is 2.41. The van der Waals surface area contributed by atoms with E-state index in [1.165, 1.54) is 26.2 Å². The van der Waals surface area contributed by atoms with Crippen LogP contribution in [0.3, 0.4) is 0 Å². The Bertz CT molecular complexity index is 1410. The second-order valence-electron chi connectivity index (χ2n) is 10.6. The van der Waals surface area contributed by atoms with E-state index < -0.39 is 38.7 Å². The number of likely N-dealkylation sites (tertiary alicyclic amines) is 1. The fourth-order valence-corrected chi connectivity index (χ4v) is 7.24. The average Bonchev–Trinajstić information content (AvgIpc) is 3.38. The van der Waals surface area contributed by atoms with Crippen LogP contribution < -0.4 is 0 Å². The van der Waals surface area contributed by atoms with Gasteiger partial charge in [0.25, 0.3) is 4.87 Å². The molecule has 41 heavy (non-hydrogen) atoms. The second kappa shape index (κ2) is 12.5. The van der Waals surface area contributed by atoms with Crippen LogP contribution in [0.4, 0.5) is 4.39 Å². The molecule has 1 aliphatic heterocycles. The Morgan fingerprint density at radius 1 is 0.951 bits per heavy atom. The monoisotopic (exact) mass is 581 g/mol. The number of nitrogens with zero attached hydrogens (tertiary/aromatic N) is 3. The quantitative estimate of drug-likeness (QED) is 0.370. The lowest BCUT2D eigenvalue weighted by atomic mass is 9.89. The van der Waals surface area contributed by atoms with Gasteiger partial charge in [-0.15, -0.1) is 0 Å². The topological polar surface area (TPSA) is 98.2 Å². The van der Waals surface area contributed by atoms with Gasteiger partial charge in [0.2, 0.25) is 15.9 Å². The summed E-state index contributed by atoms with van der Waals surface area (Å²) in [6.45, 7) is 0.462. The van der Waals surface area contributed by atoms with Gasteiger partial charge in [0.1, 0.15) is 5.82 Å². The van der Waals surface area contributed by atoms with Crippen molar-refractivity contribution in [2.75, 3.05) is 34.2 Å². The second-order valence-corrected chi connectivity index (χ2v) is 13.0. The van der Waals surface area contributed by atoms with Crippen LogP contribution in [0.2, 0.25) is 0 Å². The smallest absolute Gasteiger partial charge is 0.347 e. The molecule has 4 rings (SSSR count). The van der Waals surface area contributed by atoms with Crippen molar-refractivity contribution in [1.82, 2.24) is 14.1 Å². The van der Waals surface area contributed by atoms with Gasteiger partial charge < -0.3 is 14.9 Å². The lowest BCUT2D eigenvalue weighted by Crippen LogP contribution is -2.62. The number of carbonyl (C=O) groups excluding carboxylic acids is 1. The molecule has 0 aliphatic carbocycles. The molecule has 8 nitrogen and oxygen atoms in total. The Kier molecular flexibility index (Phi) is 9.26. The summed E-state index contributed by atoms with van der Waals surface area (Å²) in [5.41, 5.74) is 2.24. The molecular weight excluding hydrogens is 545 g/mol. The highest BCUT2D eigenvalue weighted by molar-refractivity contribution is 7.91. The zero-order valence-electron chi connectivity index (χ0n) is 23.5. The number of hydrogen-bond donors (Lipinski definition) is 1. The van der Waals surface area contributed by atoms with E-state index in [1.807, 2.05) is 24.1 Å². The average molecular weight is 582 g/mol. The van der Waals surface area contributed by atoms with Crippen molar-refractivity contribution in [2.24, 2.45) is 0 Å². The lowest BCUT2D eigenvalue weighted by Gasteiger charge is -2.37. The first kappa shape index (κ1) is 30.4. The normalized spacial score (nSPS) is 19.3. The number of carbonyl (C=O) groups is 2. The molecule has 1 aliphatic rings. The first-order valence-electron chi connectivity index (χ1n) is 13.5. The van der Waals surface area contributed by atoms with Crippen LogP contribution in [0, 0.1) is 5.82 Å². The summed E-state index contributed by atoms with van der Waals surface area (Å²) < 4.78 is 41.8. The molecule has 0 saturated carbocycles. The van der Waals surface area contributed by atoms with Crippen LogP contribution in [0.1, 0.15) is 35.4 Å². The first-order valence-corrected chi connectivity index (χ1v) is 14.9. The van der Waals surface area contributed by atoms with E-state index in [9.17, 15) is 27.5 Å². The van der Waals surface area contributed by atoms with Crippen molar-refractivity contribution in [3.8, 4) is 0 Å². The van der Waals surface area contributed by atoms with Crippen molar-refractivity contribution in [1.29, 1.82) is 0 Å². The van der Waals surface area contributed by atoms with Crippen LogP contribution in [0.15, 0.2) is 84.9 Å². The van der Waals surface area contributed by atoms with Gasteiger partial charge in [0.05, 0.1) is 5.92 Å². The predicted octanol–water partition coefficient (Wildman–Crippen LogP) is 3.80. The van der Waals surface area contributed by atoms with Gasteiger partial charge in [-0.1, -0.05) is 72.8 Å². The molecule has 218 valence electrons. The fraction of sp³-hybridized carbons (Fsp3) is 0.355. The summed E-state index contributed by atoms with van der Waals surface area (Å²) in [6.07, 6.45) is 1.08. The number of likely N-dealkylation sites (N-methyl/N-ethyl adjacent to an activating group) is 1. The Hall–Kier alpha value is -3.60. The zero-order chi connectivity index (χ0) is 29.8. The minimum absolute atomic E-state index is 0.0680. The Morgan fingerprint density at radius 3 is 1.98 bits per heavy atom. The van der Waals surface area contributed by atoms with Gasteiger partial charge in [-0.25, -0.2) is 21.9 Å². The van der Waals surface area contributed by atoms with E-state index in [2.05, 4.69) is 0 Å². The summed E-state index contributed by atoms with van der Waals surface area (Å²) in [4.78, 5) is 28.0. The predicted molar refractivity (Wildman–Crippen MR) is 155 cm³/mol. The maximum Gasteiger partial charge on any atom is 0.347 e. The number of amides is 1. The number of benzene rings is 3. The minimum Gasteiger partial charge on any atom is -0.479 e. The van der Waals surface area contributed by atoms with Crippen molar-refractivity contribution < 1.29 is 27.5 Å². The third-order valence-electron chi connectivity index (χ3n) is 7.87. The minimum atomic E-state index is -4.49. The highest BCUT2D eigenvalue weighted by Gasteiger charge is 2.64. The number of halogens is 1. The van der Waals surface area contributed by atoms with Crippen LogP contribution in [0.25, 0.3) is 0 Å². The summed E-state index contributed by atoms with van der Waals surface area (Å²) in [5.74, 6) is -3.37. The van der Waals surface area contributed by atoms with E-state index in [0.717, 1.165) is 14.8 Å². The van der Waals surface area contributed by atoms with Crippen LogP contribution in [0.5, 0.6) is 0 Å². The van der Waals surface area contributed by atoms with Crippen LogP contribution in [-0.2, 0) is 26.0 Å². The van der Waals surface area contributed by atoms with E-state index in [0.29, 0.717) is 30.5 Å². The van der Waals surface area contributed by atoms with Gasteiger partial charge in [-0.3, -0.25) is 4.79 Å². The van der Waals surface area contributed by atoms with E-state index in [-0.39, 0.29) is 18.8 Å². The molecule has 0 radical (unpaired) electrons. The van der Waals surface area contributed by atoms with Crippen LogP contribution >= 0.6 is 0 Å². The SMILES string of the molecule is CN(CCCc1ccc(F)cc1)C1CN(C(=O)C(c2ccccc2)c2ccccc2)C(C(=O)O)(S(=O)(=O)N(C)C)C1. The first-order chi connectivity index (χ1) is 19.5. The summed E-state index contributed by atoms with van der Waals surface area (Å²) in [5, 5.41) is 10.6. The maximum absolute atomic E-state index is 14.5. The maximum atomic E-state index is 14.5. The zero-order valence-corrected chi connectivity index (χ0v) is 24.3. The molecule has 1 saturated heterocycles. The number of aliphatic carboxylic acids is 1. The largest absolute Gasteiger partial charge is 0.479 e. The number of carboxylic acid groups (broad SMARTS) is 1. The van der Waals surface area contributed by atoms with Crippen LogP contribution in [-0.4, -0.2) is 84.7 Å². The number of rotatable bonds is 11. The van der Waals surface area contributed by atoms with Gasteiger partial charge in [0.15, 0.2) is 0 Å². The van der Waals surface area contributed by atoms with Gasteiger partial charge >= 0.3 is 5.97 Å². The standard InChI is InChI=1S/C31H36FN3O5S/c1-33(2)41(39,40)31(30(37)38)21-27(34(3)20-10-11-23-16-18-26(32)19-17-23)22-35(31)29(36)28(24-12-6-4-7-13-24)25-14-8-5-9-15-25/h4-9,12-19,27-28H,10-11,20-22H2,1-3H3,(H,37,38). The summed E-state index contributed by atoms with van der Waals surface area (Å²) >= 11 is 0. The molecule has 0 bridgehead atoms. The molecule has 1 amide bonds. The number of hydrogen-bond acceptors (Lipinski definition) is 5. The lowest BCUT2D eigenvalue weighted by molar-refractivity contribution is -0.151. The molecule has 1 heterocycles. The third kappa shape index (κ3) is 6.05. The van der Waals surface area contributed by atoms with Crippen molar-refractivity contribution in [3.63, 3.8) is 0 Å². The molecule has 1 fully saturated rings. The number of carboxylic acids is 1. The molecule has 3 aromatic carbocycles. The molecule has 1 N–H and O–H groups in total. The summed E-state index contributed by atoms with van der Waals surface area (Å²) in [7, 11) is -0.105. The van der Waals surface area contributed by atoms with E-state index in [1.54, 1.807) is 60.7 Å². The molecule has 2 atom stereocenters. The van der Waals surface area contributed by atoms with Crippen molar-refractivity contribution in [3.05, 3.63) is 107 Å². The summed E-state index contributed by atoms with van der Waals surface area (Å²) in [6, 6.07) is 23.7. The molecule has 0 aromatic heterocycles. The fourth-order valence-electron chi connectivity index (χ4n) is 5.57. The molecule has 0 spiro atoms. The highest BCUT2D eigenvalue weighted by atomic mass is 32.2. The van der Waals surface area contributed by atoms with Crippen molar-refractivity contribution >= 4 is 21.9 Å². The van der Waals surface area contributed by atoms with E-state index in [4.69, 9.17) is 0 Å². The Labute approximate surface area is 241 Å². The Balaban J connectivity index is 1.70. The molecule has 3 aromatic rings. The van der Waals surface area contributed by atoms with Gasteiger partial charge in [-0.05, 0) is 55.3 Å². The third-order valence-corrected chi connectivity index (χ3v) is 10.3. The van der Waals surface area contributed by atoms with E-state index >= 15 is 0 Å². The molecule has 2 unspecified atom stereocenters. The van der Waals surface area contributed by atoms with Gasteiger partial charge in [0, 0.05) is 33.1 Å². The molecular formula is C31H36FN3O5S. The number of aryl methyl sites for hydroxylation is 1. The van der Waals surface area contributed by atoms with Crippen molar-refractivity contribution in [2.45, 2.75) is 36.1 Å².